The molecule has 0 bridgehead atoms. The quantitative estimate of drug-likeness (QED) is 0.540. The van der Waals surface area contributed by atoms with Crippen molar-refractivity contribution in [2.75, 3.05) is 0 Å². The van der Waals surface area contributed by atoms with Gasteiger partial charge in [-0.2, -0.15) is 0 Å². The number of halogens is 2. The average Bonchev–Trinajstić information content (AvgIpc) is 2.01. The molecule has 1 rings (SSSR count). The Morgan fingerprint density at radius 1 is 1.54 bits per heavy atom. The third-order valence-electron chi connectivity index (χ3n) is 2.51. The Hall–Kier alpha value is 0.400. The van der Waals surface area contributed by atoms with Crippen LogP contribution in [0.5, 0.6) is 0 Å². The Kier molecular flexibility index (Phi) is 3.11. The van der Waals surface area contributed by atoms with E-state index < -0.39 is 5.60 Å². The molecule has 0 aliphatic carbocycles. The second kappa shape index (κ2) is 3.52. The fourth-order valence-corrected chi connectivity index (χ4v) is 2.45. The minimum atomic E-state index is -0.852. The number of carbonyl (C=O) groups is 1. The molecule has 2 nitrogen and oxygen atoms in total. The number of rotatable bonds is 1. The molecule has 1 heterocycles. The van der Waals surface area contributed by atoms with E-state index in [1.165, 1.54) is 0 Å². The van der Waals surface area contributed by atoms with Gasteiger partial charge in [0, 0.05) is 4.83 Å². The van der Waals surface area contributed by atoms with E-state index >= 15 is 0 Å². The molecule has 0 radical (unpaired) electrons. The normalized spacial score (nSPS) is 44.4. The molecule has 1 saturated heterocycles. The van der Waals surface area contributed by atoms with Crippen molar-refractivity contribution in [3.05, 3.63) is 0 Å². The summed E-state index contributed by atoms with van der Waals surface area (Å²) in [6, 6.07) is 0. The van der Waals surface area contributed by atoms with Gasteiger partial charge in [-0.25, -0.2) is 0 Å². The molecule has 13 heavy (non-hydrogen) atoms. The standard InChI is InChI=1S/C9H14BrClO2/c1-8(2)6(10)4-7(11)9(3,5-12)13-8/h5-7H,4H2,1-3H3/t6-,7+,9+/m0/s1. The van der Waals surface area contributed by atoms with E-state index in [0.717, 1.165) is 12.7 Å². The van der Waals surface area contributed by atoms with Gasteiger partial charge in [0.25, 0.3) is 0 Å². The van der Waals surface area contributed by atoms with Crippen LogP contribution in [0.2, 0.25) is 0 Å². The van der Waals surface area contributed by atoms with Gasteiger partial charge in [-0.3, -0.25) is 0 Å². The maximum atomic E-state index is 10.9. The maximum Gasteiger partial charge on any atom is 0.153 e. The highest BCUT2D eigenvalue weighted by atomic mass is 79.9. The summed E-state index contributed by atoms with van der Waals surface area (Å²) in [5.41, 5.74) is -1.20. The first-order chi connectivity index (χ1) is 5.82. The molecule has 0 aromatic carbocycles. The number of ether oxygens (including phenoxy) is 1. The number of hydrogen-bond donors (Lipinski definition) is 0. The van der Waals surface area contributed by atoms with Crippen LogP contribution < -0.4 is 0 Å². The molecular formula is C9H14BrClO2. The van der Waals surface area contributed by atoms with E-state index in [1.54, 1.807) is 6.92 Å². The molecular weight excluding hydrogens is 255 g/mol. The minimum Gasteiger partial charge on any atom is -0.359 e. The van der Waals surface area contributed by atoms with Gasteiger partial charge in [0.1, 0.15) is 5.60 Å². The van der Waals surface area contributed by atoms with Crippen molar-refractivity contribution >= 4 is 33.8 Å². The predicted octanol–water partition coefficient (Wildman–Crippen LogP) is 2.51. The van der Waals surface area contributed by atoms with Crippen molar-refractivity contribution in [3.8, 4) is 0 Å². The number of carbonyl (C=O) groups excluding carboxylic acids is 1. The number of alkyl halides is 2. The van der Waals surface area contributed by atoms with E-state index in [-0.39, 0.29) is 15.8 Å². The van der Waals surface area contributed by atoms with E-state index in [1.807, 2.05) is 13.8 Å². The molecule has 76 valence electrons. The lowest BCUT2D eigenvalue weighted by Gasteiger charge is -2.46. The van der Waals surface area contributed by atoms with Gasteiger partial charge < -0.3 is 9.53 Å². The van der Waals surface area contributed by atoms with Gasteiger partial charge in [-0.15, -0.1) is 11.6 Å². The van der Waals surface area contributed by atoms with E-state index in [4.69, 9.17) is 16.3 Å². The van der Waals surface area contributed by atoms with E-state index in [0.29, 0.717) is 0 Å². The zero-order chi connectivity index (χ0) is 10.3. The zero-order valence-corrected chi connectivity index (χ0v) is 10.4. The molecule has 0 unspecified atom stereocenters. The fraction of sp³-hybridized carbons (Fsp3) is 0.889. The van der Waals surface area contributed by atoms with Gasteiger partial charge in [0.15, 0.2) is 6.29 Å². The summed E-state index contributed by atoms with van der Waals surface area (Å²) in [6.45, 7) is 5.65. The fourth-order valence-electron chi connectivity index (χ4n) is 1.49. The van der Waals surface area contributed by atoms with Crippen LogP contribution in [-0.2, 0) is 9.53 Å². The van der Waals surface area contributed by atoms with Crippen LogP contribution in [0.15, 0.2) is 0 Å². The first kappa shape index (κ1) is 11.5. The van der Waals surface area contributed by atoms with Gasteiger partial charge in [-0.1, -0.05) is 15.9 Å². The van der Waals surface area contributed by atoms with Crippen molar-refractivity contribution in [1.82, 2.24) is 0 Å². The van der Waals surface area contributed by atoms with Gasteiger partial charge in [-0.05, 0) is 27.2 Å². The predicted molar refractivity (Wildman–Crippen MR) is 56.6 cm³/mol. The van der Waals surface area contributed by atoms with Crippen LogP contribution >= 0.6 is 27.5 Å². The monoisotopic (exact) mass is 268 g/mol. The molecule has 0 N–H and O–H groups in total. The molecule has 0 spiro atoms. The Morgan fingerprint density at radius 3 is 2.54 bits per heavy atom. The van der Waals surface area contributed by atoms with Crippen molar-refractivity contribution < 1.29 is 9.53 Å². The lowest BCUT2D eigenvalue weighted by atomic mass is 9.88. The molecule has 0 aromatic rings. The molecule has 0 saturated carbocycles. The lowest BCUT2D eigenvalue weighted by Crippen LogP contribution is -2.56. The van der Waals surface area contributed by atoms with Crippen molar-refractivity contribution in [2.24, 2.45) is 0 Å². The lowest BCUT2D eigenvalue weighted by molar-refractivity contribution is -0.164. The number of aldehydes is 1. The number of hydrogen-bond acceptors (Lipinski definition) is 2. The molecule has 1 aliphatic rings. The smallest absolute Gasteiger partial charge is 0.153 e. The van der Waals surface area contributed by atoms with Gasteiger partial charge in [0.2, 0.25) is 0 Å². The summed E-state index contributed by atoms with van der Waals surface area (Å²) in [7, 11) is 0. The average molecular weight is 270 g/mol. The summed E-state index contributed by atoms with van der Waals surface area (Å²) in [6.07, 6.45) is 1.54. The molecule has 1 aliphatic heterocycles. The van der Waals surface area contributed by atoms with Crippen LogP contribution in [0.25, 0.3) is 0 Å². The van der Waals surface area contributed by atoms with Gasteiger partial charge in [0.05, 0.1) is 11.0 Å². The summed E-state index contributed by atoms with van der Waals surface area (Å²) in [5, 5.41) is -0.262. The highest BCUT2D eigenvalue weighted by Crippen LogP contribution is 2.40. The second-order valence-electron chi connectivity index (χ2n) is 4.18. The van der Waals surface area contributed by atoms with Crippen LogP contribution in [0.3, 0.4) is 0 Å². The Bertz CT molecular complexity index is 220. The van der Waals surface area contributed by atoms with Crippen LogP contribution in [0.4, 0.5) is 0 Å². The summed E-state index contributed by atoms with van der Waals surface area (Å²) < 4.78 is 5.69. The van der Waals surface area contributed by atoms with Gasteiger partial charge >= 0.3 is 0 Å². The first-order valence-corrected chi connectivity index (χ1v) is 5.62. The van der Waals surface area contributed by atoms with Crippen LogP contribution in [0.1, 0.15) is 27.2 Å². The van der Waals surface area contributed by atoms with Crippen molar-refractivity contribution in [3.63, 3.8) is 0 Å². The maximum absolute atomic E-state index is 10.9. The molecule has 0 aromatic heterocycles. The summed E-state index contributed by atoms with van der Waals surface area (Å²) in [4.78, 5) is 11.1. The van der Waals surface area contributed by atoms with E-state index in [9.17, 15) is 4.79 Å². The first-order valence-electron chi connectivity index (χ1n) is 4.26. The molecule has 3 atom stereocenters. The Labute approximate surface area is 92.1 Å². The highest BCUT2D eigenvalue weighted by Gasteiger charge is 2.48. The summed E-state index contributed by atoms with van der Waals surface area (Å²) >= 11 is 9.57. The minimum absolute atomic E-state index is 0.190. The van der Waals surface area contributed by atoms with Crippen LogP contribution in [-0.4, -0.2) is 27.7 Å². The van der Waals surface area contributed by atoms with Crippen molar-refractivity contribution in [1.29, 1.82) is 0 Å². The molecule has 0 amide bonds. The zero-order valence-electron chi connectivity index (χ0n) is 8.01. The van der Waals surface area contributed by atoms with E-state index in [2.05, 4.69) is 15.9 Å². The second-order valence-corrected chi connectivity index (χ2v) is 5.81. The largest absolute Gasteiger partial charge is 0.359 e. The Morgan fingerprint density at radius 2 is 2.08 bits per heavy atom. The SMILES string of the molecule is CC1(C)O[C@](C)(C=O)[C@H](Cl)C[C@@H]1Br. The molecule has 1 fully saturated rings. The molecule has 4 heteroatoms. The van der Waals surface area contributed by atoms with Crippen molar-refractivity contribution in [2.45, 2.75) is 48.6 Å². The van der Waals surface area contributed by atoms with Crippen LogP contribution in [0, 0.1) is 0 Å². The summed E-state index contributed by atoms with van der Waals surface area (Å²) in [5.74, 6) is 0. The third-order valence-corrected chi connectivity index (χ3v) is 4.60. The Balaban J connectivity index is 2.88. The topological polar surface area (TPSA) is 26.3 Å². The highest BCUT2D eigenvalue weighted by molar-refractivity contribution is 9.09. The third kappa shape index (κ3) is 2.08.